The van der Waals surface area contributed by atoms with Crippen molar-refractivity contribution in [2.45, 2.75) is 31.4 Å². The number of nitrogens with zero attached hydrogens (tertiary/aromatic N) is 2. The van der Waals surface area contributed by atoms with Crippen LogP contribution < -0.4 is 9.47 Å². The minimum Gasteiger partial charge on any atom is -0.454 e. The number of hydrogen-bond acceptors (Lipinski definition) is 6. The molecule has 1 aliphatic heterocycles. The van der Waals surface area contributed by atoms with Gasteiger partial charge in [-0.3, -0.25) is 0 Å². The minimum absolute atomic E-state index is 0.265. The molecule has 1 aliphatic rings. The molecule has 0 N–H and O–H groups in total. The SMILES string of the molecule is CCCCCSc1nnc(-c2ccc3c(c2)OCO3)o1. The summed E-state index contributed by atoms with van der Waals surface area (Å²) in [5.74, 6) is 3.00. The van der Waals surface area contributed by atoms with Crippen molar-refractivity contribution >= 4 is 11.8 Å². The molecule has 2 aromatic rings. The molecule has 5 nitrogen and oxygen atoms in total. The Balaban J connectivity index is 1.67. The zero-order chi connectivity index (χ0) is 13.8. The van der Waals surface area contributed by atoms with E-state index in [9.17, 15) is 0 Å². The van der Waals surface area contributed by atoms with Crippen LogP contribution in [0, 0.1) is 0 Å². The van der Waals surface area contributed by atoms with Gasteiger partial charge in [-0.25, -0.2) is 0 Å². The summed E-state index contributed by atoms with van der Waals surface area (Å²) >= 11 is 1.61. The molecule has 0 aliphatic carbocycles. The van der Waals surface area contributed by atoms with Crippen LogP contribution in [0.25, 0.3) is 11.5 Å². The Morgan fingerprint density at radius 3 is 2.95 bits per heavy atom. The van der Waals surface area contributed by atoms with E-state index in [0.29, 0.717) is 11.1 Å². The van der Waals surface area contributed by atoms with E-state index in [1.807, 2.05) is 18.2 Å². The Bertz CT molecular complexity index is 586. The zero-order valence-electron chi connectivity index (χ0n) is 11.3. The second-order valence-corrected chi connectivity index (χ2v) is 5.54. The number of aromatic nitrogens is 2. The van der Waals surface area contributed by atoms with E-state index in [1.165, 1.54) is 19.3 Å². The number of hydrogen-bond donors (Lipinski definition) is 0. The minimum atomic E-state index is 0.265. The molecular formula is C14H16N2O3S. The topological polar surface area (TPSA) is 57.4 Å². The first-order valence-electron chi connectivity index (χ1n) is 6.73. The largest absolute Gasteiger partial charge is 0.454 e. The van der Waals surface area contributed by atoms with Crippen molar-refractivity contribution in [2.24, 2.45) is 0 Å². The Morgan fingerprint density at radius 1 is 1.15 bits per heavy atom. The fourth-order valence-electron chi connectivity index (χ4n) is 1.93. The van der Waals surface area contributed by atoms with Crippen LogP contribution in [0.1, 0.15) is 26.2 Å². The maximum Gasteiger partial charge on any atom is 0.276 e. The number of fused-ring (bicyclic) bond motifs is 1. The number of unbranched alkanes of at least 4 members (excludes halogenated alkanes) is 2. The normalized spacial score (nSPS) is 12.8. The van der Waals surface area contributed by atoms with Crippen molar-refractivity contribution in [3.05, 3.63) is 18.2 Å². The number of thioether (sulfide) groups is 1. The monoisotopic (exact) mass is 292 g/mol. The number of benzene rings is 1. The van der Waals surface area contributed by atoms with Crippen molar-refractivity contribution in [3.63, 3.8) is 0 Å². The van der Waals surface area contributed by atoms with Crippen LogP contribution in [0.5, 0.6) is 11.5 Å². The van der Waals surface area contributed by atoms with Crippen LogP contribution in [0.4, 0.5) is 0 Å². The highest BCUT2D eigenvalue weighted by Gasteiger charge is 2.16. The van der Waals surface area contributed by atoms with E-state index in [2.05, 4.69) is 17.1 Å². The maximum atomic E-state index is 5.65. The molecule has 106 valence electrons. The van der Waals surface area contributed by atoms with Crippen molar-refractivity contribution in [2.75, 3.05) is 12.5 Å². The van der Waals surface area contributed by atoms with Gasteiger partial charge in [0.1, 0.15) is 0 Å². The lowest BCUT2D eigenvalue weighted by Crippen LogP contribution is -1.92. The van der Waals surface area contributed by atoms with E-state index in [-0.39, 0.29) is 6.79 Å². The number of ether oxygens (including phenoxy) is 2. The lowest BCUT2D eigenvalue weighted by molar-refractivity contribution is 0.174. The Morgan fingerprint density at radius 2 is 2.05 bits per heavy atom. The standard InChI is InChI=1S/C14H16N2O3S/c1-2-3-4-7-20-14-16-15-13(19-14)10-5-6-11-12(8-10)18-9-17-11/h5-6,8H,2-4,7,9H2,1H3. The molecule has 20 heavy (non-hydrogen) atoms. The third-order valence-corrected chi connectivity index (χ3v) is 3.90. The van der Waals surface area contributed by atoms with E-state index in [0.717, 1.165) is 22.8 Å². The van der Waals surface area contributed by atoms with Crippen molar-refractivity contribution in [3.8, 4) is 23.0 Å². The predicted octanol–water partition coefficient (Wildman–Crippen LogP) is 3.75. The maximum absolute atomic E-state index is 5.65. The van der Waals surface area contributed by atoms with Crippen molar-refractivity contribution in [1.29, 1.82) is 0 Å². The summed E-state index contributed by atoms with van der Waals surface area (Å²) in [5, 5.41) is 8.75. The average molecular weight is 292 g/mol. The van der Waals surface area contributed by atoms with Crippen LogP contribution in [-0.2, 0) is 0 Å². The first kappa shape index (κ1) is 13.3. The summed E-state index contributed by atoms with van der Waals surface area (Å²) in [7, 11) is 0. The molecule has 0 bridgehead atoms. The zero-order valence-corrected chi connectivity index (χ0v) is 12.1. The Kier molecular flexibility index (Phi) is 4.11. The highest BCUT2D eigenvalue weighted by molar-refractivity contribution is 7.99. The summed E-state index contributed by atoms with van der Waals surface area (Å²) < 4.78 is 16.3. The molecule has 2 heterocycles. The molecule has 0 unspecified atom stereocenters. The van der Waals surface area contributed by atoms with Gasteiger partial charge in [0, 0.05) is 11.3 Å². The molecule has 0 saturated heterocycles. The molecule has 1 aromatic heterocycles. The summed E-state index contributed by atoms with van der Waals surface area (Å²) in [6.07, 6.45) is 3.62. The van der Waals surface area contributed by atoms with Gasteiger partial charge in [0.25, 0.3) is 5.22 Å². The molecule has 6 heteroatoms. The first-order valence-corrected chi connectivity index (χ1v) is 7.71. The Labute approximate surface area is 121 Å². The third-order valence-electron chi connectivity index (χ3n) is 3.00. The van der Waals surface area contributed by atoms with Gasteiger partial charge in [-0.05, 0) is 24.6 Å². The van der Waals surface area contributed by atoms with E-state index >= 15 is 0 Å². The highest BCUT2D eigenvalue weighted by atomic mass is 32.2. The van der Waals surface area contributed by atoms with Gasteiger partial charge in [-0.1, -0.05) is 31.5 Å². The van der Waals surface area contributed by atoms with E-state index in [1.54, 1.807) is 11.8 Å². The van der Waals surface area contributed by atoms with Gasteiger partial charge in [0.15, 0.2) is 11.5 Å². The fourth-order valence-corrected chi connectivity index (χ4v) is 2.69. The van der Waals surface area contributed by atoms with Crippen LogP contribution in [0.15, 0.2) is 27.8 Å². The van der Waals surface area contributed by atoms with Gasteiger partial charge in [0.05, 0.1) is 0 Å². The van der Waals surface area contributed by atoms with Crippen molar-refractivity contribution in [1.82, 2.24) is 10.2 Å². The summed E-state index contributed by atoms with van der Waals surface area (Å²) in [6, 6.07) is 5.61. The van der Waals surface area contributed by atoms with Crippen LogP contribution in [0.2, 0.25) is 0 Å². The molecule has 0 spiro atoms. The predicted molar refractivity (Wildman–Crippen MR) is 76.1 cm³/mol. The first-order chi connectivity index (χ1) is 9.86. The van der Waals surface area contributed by atoms with Gasteiger partial charge >= 0.3 is 0 Å². The molecule has 0 radical (unpaired) electrons. The van der Waals surface area contributed by atoms with Crippen molar-refractivity contribution < 1.29 is 13.9 Å². The second kappa shape index (κ2) is 6.17. The van der Waals surface area contributed by atoms with E-state index in [4.69, 9.17) is 13.9 Å². The smallest absolute Gasteiger partial charge is 0.276 e. The number of rotatable bonds is 6. The molecule has 0 amide bonds. The summed E-state index contributed by atoms with van der Waals surface area (Å²) in [5.41, 5.74) is 0.849. The third kappa shape index (κ3) is 2.90. The van der Waals surface area contributed by atoms with E-state index < -0.39 is 0 Å². The van der Waals surface area contributed by atoms with Gasteiger partial charge in [0.2, 0.25) is 12.7 Å². The van der Waals surface area contributed by atoms with Gasteiger partial charge in [-0.2, -0.15) is 0 Å². The molecule has 3 rings (SSSR count). The highest BCUT2D eigenvalue weighted by Crippen LogP contribution is 2.36. The molecule has 0 fully saturated rings. The molecule has 0 saturated carbocycles. The fraction of sp³-hybridized carbons (Fsp3) is 0.429. The molecule has 1 aromatic carbocycles. The lowest BCUT2D eigenvalue weighted by Gasteiger charge is -1.98. The van der Waals surface area contributed by atoms with Crippen LogP contribution in [-0.4, -0.2) is 22.7 Å². The van der Waals surface area contributed by atoms with Crippen LogP contribution in [0.3, 0.4) is 0 Å². The molecule has 0 atom stereocenters. The molecular weight excluding hydrogens is 276 g/mol. The quantitative estimate of drug-likeness (QED) is 0.597. The van der Waals surface area contributed by atoms with Gasteiger partial charge < -0.3 is 13.9 Å². The summed E-state index contributed by atoms with van der Waals surface area (Å²) in [4.78, 5) is 0. The summed E-state index contributed by atoms with van der Waals surface area (Å²) in [6.45, 7) is 2.45. The van der Waals surface area contributed by atoms with Crippen LogP contribution >= 0.6 is 11.8 Å². The van der Waals surface area contributed by atoms with Gasteiger partial charge in [-0.15, -0.1) is 10.2 Å². The lowest BCUT2D eigenvalue weighted by atomic mass is 10.2. The Hall–Kier alpha value is -1.69. The average Bonchev–Trinajstić information content (AvgIpc) is 3.11. The second-order valence-electron chi connectivity index (χ2n) is 4.50.